The molecule has 1 aliphatic carbocycles. The van der Waals surface area contributed by atoms with Gasteiger partial charge in [0, 0.05) is 25.3 Å². The summed E-state index contributed by atoms with van der Waals surface area (Å²) < 4.78 is 1.17. The van der Waals surface area contributed by atoms with Crippen molar-refractivity contribution in [2.45, 2.75) is 24.8 Å². The summed E-state index contributed by atoms with van der Waals surface area (Å²) in [5.41, 5.74) is 2.56. The number of halogens is 3. The summed E-state index contributed by atoms with van der Waals surface area (Å²) in [6.45, 7) is 0. The summed E-state index contributed by atoms with van der Waals surface area (Å²) in [6, 6.07) is 14.7. The molecule has 0 atom stereocenters. The molecule has 0 aromatic heterocycles. The highest BCUT2D eigenvalue weighted by Gasteiger charge is 2.30. The smallest absolute Gasteiger partial charge is 0.0479 e. The fraction of sp³-hybridized carbons (Fsp3) is 0.250. The number of hydrogen-bond acceptors (Lipinski definition) is 1. The molecule has 1 N–H and O–H groups in total. The van der Waals surface area contributed by atoms with E-state index in [0.29, 0.717) is 12.0 Å². The van der Waals surface area contributed by atoms with E-state index in [4.69, 9.17) is 23.2 Å². The summed E-state index contributed by atoms with van der Waals surface area (Å²) in [4.78, 5) is 0. The summed E-state index contributed by atoms with van der Waals surface area (Å²) in [6.07, 6.45) is 2.33. The van der Waals surface area contributed by atoms with Gasteiger partial charge in [0.15, 0.2) is 0 Å². The van der Waals surface area contributed by atoms with Crippen molar-refractivity contribution in [2.24, 2.45) is 0 Å². The molecule has 20 heavy (non-hydrogen) atoms. The fourth-order valence-corrected chi connectivity index (χ4v) is 3.72. The van der Waals surface area contributed by atoms with Crippen LogP contribution in [0, 0.1) is 3.57 Å². The maximum Gasteiger partial charge on any atom is 0.0479 e. The molecule has 1 saturated carbocycles. The molecular weight excluding hydrogens is 404 g/mol. The normalized spacial score (nSPS) is 21.4. The highest BCUT2D eigenvalue weighted by Crippen LogP contribution is 2.39. The molecule has 0 aliphatic heterocycles. The Labute approximate surface area is 142 Å². The Bertz CT molecular complexity index is 606. The SMILES string of the molecule is Clc1ccc(C2CC(Nc3ccc(Cl)cc3I)C2)cc1. The average Bonchev–Trinajstić information content (AvgIpc) is 2.37. The standard InChI is InChI=1S/C16H14Cl2IN/c17-12-3-1-10(2-4-12)11-7-14(8-11)20-16-6-5-13(18)9-15(16)19/h1-6,9,11,14,20H,7-8H2. The summed E-state index contributed by atoms with van der Waals surface area (Å²) in [5, 5.41) is 5.18. The van der Waals surface area contributed by atoms with Crippen LogP contribution in [0.15, 0.2) is 42.5 Å². The van der Waals surface area contributed by atoms with Crippen molar-refractivity contribution in [1.29, 1.82) is 0 Å². The van der Waals surface area contributed by atoms with E-state index >= 15 is 0 Å². The fourth-order valence-electron chi connectivity index (χ4n) is 2.57. The summed E-state index contributed by atoms with van der Waals surface area (Å²) >= 11 is 14.2. The molecule has 0 amide bonds. The Morgan fingerprint density at radius 2 is 1.60 bits per heavy atom. The van der Waals surface area contributed by atoms with E-state index in [0.717, 1.165) is 10.0 Å². The molecule has 104 valence electrons. The molecule has 0 radical (unpaired) electrons. The molecule has 1 aliphatic rings. The van der Waals surface area contributed by atoms with Crippen LogP contribution in [-0.4, -0.2) is 6.04 Å². The number of rotatable bonds is 3. The first-order valence-corrected chi connectivity index (χ1v) is 8.42. The third-order valence-electron chi connectivity index (χ3n) is 3.77. The van der Waals surface area contributed by atoms with Gasteiger partial charge >= 0.3 is 0 Å². The van der Waals surface area contributed by atoms with Crippen molar-refractivity contribution in [3.05, 3.63) is 61.6 Å². The molecule has 3 rings (SSSR count). The first kappa shape index (κ1) is 14.5. The topological polar surface area (TPSA) is 12.0 Å². The van der Waals surface area contributed by atoms with Gasteiger partial charge in [0.2, 0.25) is 0 Å². The van der Waals surface area contributed by atoms with E-state index < -0.39 is 0 Å². The molecule has 0 saturated heterocycles. The first-order valence-electron chi connectivity index (χ1n) is 6.59. The molecule has 1 nitrogen and oxygen atoms in total. The highest BCUT2D eigenvalue weighted by atomic mass is 127. The zero-order valence-corrected chi connectivity index (χ0v) is 14.4. The second kappa shape index (κ2) is 6.12. The quantitative estimate of drug-likeness (QED) is 0.608. The van der Waals surface area contributed by atoms with E-state index in [1.165, 1.54) is 27.7 Å². The Kier molecular flexibility index (Phi) is 4.43. The Balaban J connectivity index is 1.59. The molecule has 0 unspecified atom stereocenters. The van der Waals surface area contributed by atoms with Crippen molar-refractivity contribution >= 4 is 51.5 Å². The van der Waals surface area contributed by atoms with Gasteiger partial charge in [0.05, 0.1) is 0 Å². The maximum atomic E-state index is 5.97. The number of hydrogen-bond donors (Lipinski definition) is 1. The molecule has 0 spiro atoms. The van der Waals surface area contributed by atoms with Crippen LogP contribution in [0.2, 0.25) is 10.0 Å². The van der Waals surface area contributed by atoms with Gasteiger partial charge in [0.1, 0.15) is 0 Å². The average molecular weight is 418 g/mol. The van der Waals surface area contributed by atoms with Gasteiger partial charge in [-0.05, 0) is 77.2 Å². The van der Waals surface area contributed by atoms with Crippen LogP contribution in [0.1, 0.15) is 24.3 Å². The summed E-state index contributed by atoms with van der Waals surface area (Å²) in [7, 11) is 0. The lowest BCUT2D eigenvalue weighted by Crippen LogP contribution is -2.34. The number of anilines is 1. The largest absolute Gasteiger partial charge is 0.381 e. The van der Waals surface area contributed by atoms with E-state index in [2.05, 4.69) is 46.1 Å². The number of nitrogens with one attached hydrogen (secondary N) is 1. The van der Waals surface area contributed by atoms with Gasteiger partial charge in [0.25, 0.3) is 0 Å². The monoisotopic (exact) mass is 417 g/mol. The molecule has 0 bridgehead atoms. The predicted molar refractivity (Wildman–Crippen MR) is 95.0 cm³/mol. The molecule has 1 fully saturated rings. The molecule has 4 heteroatoms. The Morgan fingerprint density at radius 1 is 0.950 bits per heavy atom. The minimum absolute atomic E-state index is 0.547. The highest BCUT2D eigenvalue weighted by molar-refractivity contribution is 14.1. The van der Waals surface area contributed by atoms with Gasteiger partial charge in [-0.1, -0.05) is 35.3 Å². The predicted octanol–water partition coefficient (Wildman–Crippen LogP) is 5.96. The zero-order valence-electron chi connectivity index (χ0n) is 10.7. The van der Waals surface area contributed by atoms with Crippen molar-refractivity contribution in [3.63, 3.8) is 0 Å². The van der Waals surface area contributed by atoms with Gasteiger partial charge in [-0.3, -0.25) is 0 Å². The number of benzene rings is 2. The van der Waals surface area contributed by atoms with E-state index in [1.54, 1.807) is 0 Å². The third-order valence-corrected chi connectivity index (χ3v) is 5.15. The van der Waals surface area contributed by atoms with Crippen LogP contribution in [-0.2, 0) is 0 Å². The van der Waals surface area contributed by atoms with Crippen molar-refractivity contribution in [2.75, 3.05) is 5.32 Å². The van der Waals surface area contributed by atoms with Crippen molar-refractivity contribution in [3.8, 4) is 0 Å². The first-order chi connectivity index (χ1) is 9.61. The van der Waals surface area contributed by atoms with E-state index in [9.17, 15) is 0 Å². The Hall–Kier alpha value is -0.450. The van der Waals surface area contributed by atoms with Crippen molar-refractivity contribution < 1.29 is 0 Å². The summed E-state index contributed by atoms with van der Waals surface area (Å²) in [5.74, 6) is 0.648. The minimum Gasteiger partial charge on any atom is -0.381 e. The van der Waals surface area contributed by atoms with Crippen molar-refractivity contribution in [1.82, 2.24) is 0 Å². The molecule has 0 heterocycles. The van der Waals surface area contributed by atoms with Crippen LogP contribution in [0.5, 0.6) is 0 Å². The van der Waals surface area contributed by atoms with Crippen LogP contribution < -0.4 is 5.32 Å². The van der Waals surface area contributed by atoms with Gasteiger partial charge in [-0.2, -0.15) is 0 Å². The van der Waals surface area contributed by atoms with Crippen LogP contribution in [0.3, 0.4) is 0 Å². The second-order valence-corrected chi connectivity index (χ2v) is 7.22. The molecule has 2 aromatic rings. The lowest BCUT2D eigenvalue weighted by molar-refractivity contribution is 0.374. The lowest BCUT2D eigenvalue weighted by Gasteiger charge is -2.37. The minimum atomic E-state index is 0.547. The maximum absolute atomic E-state index is 5.97. The van der Waals surface area contributed by atoms with Crippen LogP contribution >= 0.6 is 45.8 Å². The lowest BCUT2D eigenvalue weighted by atomic mass is 9.76. The third kappa shape index (κ3) is 3.23. The second-order valence-electron chi connectivity index (χ2n) is 5.19. The van der Waals surface area contributed by atoms with Crippen LogP contribution in [0.4, 0.5) is 5.69 Å². The van der Waals surface area contributed by atoms with Gasteiger partial charge in [-0.15, -0.1) is 0 Å². The molecular formula is C16H14Cl2IN. The van der Waals surface area contributed by atoms with E-state index in [1.807, 2.05) is 24.3 Å². The van der Waals surface area contributed by atoms with Crippen LogP contribution in [0.25, 0.3) is 0 Å². The van der Waals surface area contributed by atoms with E-state index in [-0.39, 0.29) is 0 Å². The zero-order chi connectivity index (χ0) is 14.1. The van der Waals surface area contributed by atoms with Gasteiger partial charge < -0.3 is 5.32 Å². The Morgan fingerprint density at radius 3 is 2.25 bits per heavy atom. The molecule has 2 aromatic carbocycles. The van der Waals surface area contributed by atoms with Gasteiger partial charge in [-0.25, -0.2) is 0 Å².